The van der Waals surface area contributed by atoms with Gasteiger partial charge in [-0.15, -0.1) is 9.94 Å². The molecule has 0 spiro atoms. The minimum Gasteiger partial charge on any atom is -0.392 e. The van der Waals surface area contributed by atoms with Crippen LogP contribution >= 0.6 is 0 Å². The van der Waals surface area contributed by atoms with Gasteiger partial charge >= 0.3 is 0 Å². The molecule has 4 nitrogen and oxygen atoms in total. The number of aromatic nitrogens is 3. The summed E-state index contributed by atoms with van der Waals surface area (Å²) in [4.78, 5) is 11.3. The van der Waals surface area contributed by atoms with Crippen molar-refractivity contribution in [1.82, 2.24) is 14.9 Å². The highest BCUT2D eigenvalue weighted by molar-refractivity contribution is 5.56. The Labute approximate surface area is 111 Å². The average molecular weight is 251 g/mol. The maximum absolute atomic E-state index is 5.57. The SMILES string of the molecule is c1ccc(COn2cc(-c3ccccn3)cn2)cc1. The zero-order valence-corrected chi connectivity index (χ0v) is 10.3. The first-order valence-corrected chi connectivity index (χ1v) is 6.05. The van der Waals surface area contributed by atoms with Crippen LogP contribution in [-0.2, 0) is 6.61 Å². The molecule has 3 rings (SSSR count). The lowest BCUT2D eigenvalue weighted by Crippen LogP contribution is -2.11. The van der Waals surface area contributed by atoms with Crippen molar-refractivity contribution in [2.45, 2.75) is 6.61 Å². The summed E-state index contributed by atoms with van der Waals surface area (Å²) in [6.45, 7) is 0.490. The molecule has 0 bridgehead atoms. The molecule has 0 unspecified atom stereocenters. The van der Waals surface area contributed by atoms with E-state index in [2.05, 4.69) is 10.1 Å². The van der Waals surface area contributed by atoms with E-state index in [-0.39, 0.29) is 0 Å². The first kappa shape index (κ1) is 11.5. The number of pyridine rings is 1. The summed E-state index contributed by atoms with van der Waals surface area (Å²) in [6, 6.07) is 15.8. The third-order valence-electron chi connectivity index (χ3n) is 2.73. The van der Waals surface area contributed by atoms with Crippen molar-refractivity contribution in [3.8, 4) is 11.3 Å². The van der Waals surface area contributed by atoms with Gasteiger partial charge in [-0.2, -0.15) is 0 Å². The molecule has 4 heteroatoms. The van der Waals surface area contributed by atoms with Gasteiger partial charge < -0.3 is 4.84 Å². The molecule has 0 amide bonds. The van der Waals surface area contributed by atoms with Gasteiger partial charge in [-0.05, 0) is 17.7 Å². The highest BCUT2D eigenvalue weighted by Crippen LogP contribution is 2.14. The maximum Gasteiger partial charge on any atom is 0.142 e. The van der Waals surface area contributed by atoms with Crippen molar-refractivity contribution >= 4 is 0 Å². The third-order valence-corrected chi connectivity index (χ3v) is 2.73. The Morgan fingerprint density at radius 2 is 1.84 bits per heavy atom. The normalized spacial score (nSPS) is 10.3. The van der Waals surface area contributed by atoms with Crippen LogP contribution in [0.5, 0.6) is 0 Å². The van der Waals surface area contributed by atoms with Crippen LogP contribution < -0.4 is 4.84 Å². The molecule has 94 valence electrons. The van der Waals surface area contributed by atoms with Crippen LogP contribution in [0.15, 0.2) is 67.1 Å². The van der Waals surface area contributed by atoms with Crippen LogP contribution in [0.4, 0.5) is 0 Å². The lowest BCUT2D eigenvalue weighted by Gasteiger charge is -2.04. The second-order valence-electron chi connectivity index (χ2n) is 4.11. The van der Waals surface area contributed by atoms with Crippen LogP contribution in [0.1, 0.15) is 5.56 Å². The Hall–Kier alpha value is -2.62. The minimum absolute atomic E-state index is 0.490. The molecule has 0 saturated heterocycles. The first-order chi connectivity index (χ1) is 9.42. The van der Waals surface area contributed by atoms with Crippen LogP contribution in [0.2, 0.25) is 0 Å². The van der Waals surface area contributed by atoms with Gasteiger partial charge in [0.15, 0.2) is 0 Å². The second-order valence-corrected chi connectivity index (χ2v) is 4.11. The Kier molecular flexibility index (Phi) is 3.23. The largest absolute Gasteiger partial charge is 0.392 e. The van der Waals surface area contributed by atoms with E-state index in [0.717, 1.165) is 16.8 Å². The quantitative estimate of drug-likeness (QED) is 0.715. The van der Waals surface area contributed by atoms with Crippen molar-refractivity contribution < 1.29 is 4.84 Å². The van der Waals surface area contributed by atoms with Gasteiger partial charge in [0.05, 0.1) is 18.1 Å². The zero-order valence-electron chi connectivity index (χ0n) is 10.3. The Morgan fingerprint density at radius 1 is 1.00 bits per heavy atom. The highest BCUT2D eigenvalue weighted by Gasteiger charge is 2.02. The lowest BCUT2D eigenvalue weighted by molar-refractivity contribution is 0.0701. The number of nitrogens with zero attached hydrogens (tertiary/aromatic N) is 3. The lowest BCUT2D eigenvalue weighted by atomic mass is 10.2. The fourth-order valence-corrected chi connectivity index (χ4v) is 1.76. The fraction of sp³-hybridized carbons (Fsp3) is 0.0667. The van der Waals surface area contributed by atoms with Gasteiger partial charge in [0.25, 0.3) is 0 Å². The smallest absolute Gasteiger partial charge is 0.142 e. The number of hydrogen-bond acceptors (Lipinski definition) is 3. The van der Waals surface area contributed by atoms with E-state index in [1.54, 1.807) is 12.4 Å². The van der Waals surface area contributed by atoms with Gasteiger partial charge in [-0.1, -0.05) is 36.4 Å². The molecule has 19 heavy (non-hydrogen) atoms. The van der Waals surface area contributed by atoms with Gasteiger partial charge in [0, 0.05) is 11.8 Å². The molecule has 0 fully saturated rings. The van der Waals surface area contributed by atoms with E-state index in [0.29, 0.717) is 6.61 Å². The summed E-state index contributed by atoms with van der Waals surface area (Å²) in [7, 11) is 0. The van der Waals surface area contributed by atoms with Crippen molar-refractivity contribution in [3.05, 3.63) is 72.7 Å². The van der Waals surface area contributed by atoms with Crippen LogP contribution in [-0.4, -0.2) is 14.9 Å². The summed E-state index contributed by atoms with van der Waals surface area (Å²) >= 11 is 0. The molecule has 2 aromatic heterocycles. The highest BCUT2D eigenvalue weighted by atomic mass is 16.7. The molecule has 0 aliphatic rings. The summed E-state index contributed by atoms with van der Waals surface area (Å²) in [5.74, 6) is 0. The molecule has 0 saturated carbocycles. The number of rotatable bonds is 4. The van der Waals surface area contributed by atoms with E-state index < -0.39 is 0 Å². The van der Waals surface area contributed by atoms with Gasteiger partial charge in [-0.3, -0.25) is 4.98 Å². The predicted octanol–water partition coefficient (Wildman–Crippen LogP) is 2.57. The standard InChI is InChI=1S/C15H13N3O/c1-2-6-13(7-3-1)12-19-18-11-14(10-17-18)15-8-4-5-9-16-15/h1-11H,12H2. The van der Waals surface area contributed by atoms with Crippen molar-refractivity contribution in [1.29, 1.82) is 0 Å². The Morgan fingerprint density at radius 3 is 2.63 bits per heavy atom. The van der Waals surface area contributed by atoms with E-state index in [1.807, 2.05) is 54.7 Å². The summed E-state index contributed by atoms with van der Waals surface area (Å²) in [5.41, 5.74) is 2.93. The van der Waals surface area contributed by atoms with Gasteiger partial charge in [0.2, 0.25) is 0 Å². The molecule has 1 aromatic carbocycles. The topological polar surface area (TPSA) is 39.9 Å². The third kappa shape index (κ3) is 2.80. The second kappa shape index (κ2) is 5.35. The zero-order chi connectivity index (χ0) is 12.9. The summed E-state index contributed by atoms with van der Waals surface area (Å²) in [6.07, 6.45) is 5.33. The summed E-state index contributed by atoms with van der Waals surface area (Å²) < 4.78 is 0. The molecule has 0 aliphatic carbocycles. The average Bonchev–Trinajstić information content (AvgIpc) is 2.96. The first-order valence-electron chi connectivity index (χ1n) is 6.05. The molecule has 0 atom stereocenters. The molecular formula is C15H13N3O. The molecule has 0 radical (unpaired) electrons. The number of hydrogen-bond donors (Lipinski definition) is 0. The summed E-state index contributed by atoms with van der Waals surface area (Å²) in [5, 5.41) is 4.16. The van der Waals surface area contributed by atoms with Crippen molar-refractivity contribution in [2.75, 3.05) is 0 Å². The monoisotopic (exact) mass is 251 g/mol. The van der Waals surface area contributed by atoms with Crippen molar-refractivity contribution in [2.24, 2.45) is 0 Å². The molecule has 3 aromatic rings. The van der Waals surface area contributed by atoms with E-state index in [1.165, 1.54) is 4.85 Å². The van der Waals surface area contributed by atoms with Gasteiger partial charge in [-0.25, -0.2) is 0 Å². The Bertz CT molecular complexity index is 635. The van der Waals surface area contributed by atoms with Crippen LogP contribution in [0.25, 0.3) is 11.3 Å². The number of benzene rings is 1. The Balaban J connectivity index is 1.69. The van der Waals surface area contributed by atoms with Crippen LogP contribution in [0, 0.1) is 0 Å². The molecule has 2 heterocycles. The van der Waals surface area contributed by atoms with Crippen molar-refractivity contribution in [3.63, 3.8) is 0 Å². The fourth-order valence-electron chi connectivity index (χ4n) is 1.76. The molecular weight excluding hydrogens is 238 g/mol. The van der Waals surface area contributed by atoms with Crippen LogP contribution in [0.3, 0.4) is 0 Å². The molecule has 0 aliphatic heterocycles. The van der Waals surface area contributed by atoms with E-state index in [9.17, 15) is 0 Å². The van der Waals surface area contributed by atoms with E-state index >= 15 is 0 Å². The predicted molar refractivity (Wildman–Crippen MR) is 72.2 cm³/mol. The molecule has 0 N–H and O–H groups in total. The maximum atomic E-state index is 5.57. The minimum atomic E-state index is 0.490. The van der Waals surface area contributed by atoms with E-state index in [4.69, 9.17) is 4.84 Å². The van der Waals surface area contributed by atoms with Gasteiger partial charge in [0.1, 0.15) is 6.61 Å².